The number of nitrogens with zero attached hydrogens (tertiary/aromatic N) is 5. The van der Waals surface area contributed by atoms with Gasteiger partial charge in [0.15, 0.2) is 10.8 Å². The lowest BCUT2D eigenvalue weighted by molar-refractivity contribution is -0.128. The lowest BCUT2D eigenvalue weighted by Gasteiger charge is -2.17. The number of para-hydroxylation sites is 1. The maximum atomic E-state index is 12.6. The van der Waals surface area contributed by atoms with Crippen LogP contribution in [-0.2, 0) is 4.79 Å². The first-order valence-electron chi connectivity index (χ1n) is 8.35. The summed E-state index contributed by atoms with van der Waals surface area (Å²) in [7, 11) is 5.04. The molecule has 9 heteroatoms. The number of carbonyl (C=O) groups is 2. The Kier molecular flexibility index (Phi) is 5.60. The average Bonchev–Trinajstić information content (AvgIpc) is 3.11. The molecule has 2 amide bonds. The fourth-order valence-electron chi connectivity index (χ4n) is 2.35. The van der Waals surface area contributed by atoms with Crippen molar-refractivity contribution < 1.29 is 9.59 Å². The van der Waals surface area contributed by atoms with E-state index in [0.29, 0.717) is 27.7 Å². The summed E-state index contributed by atoms with van der Waals surface area (Å²) in [6.07, 6.45) is 1.71. The van der Waals surface area contributed by atoms with Gasteiger partial charge >= 0.3 is 0 Å². The molecule has 3 aromatic rings. The van der Waals surface area contributed by atoms with E-state index in [9.17, 15) is 9.59 Å². The van der Waals surface area contributed by atoms with Crippen LogP contribution in [0.15, 0.2) is 36.7 Å². The van der Waals surface area contributed by atoms with Crippen LogP contribution in [-0.4, -0.2) is 64.3 Å². The summed E-state index contributed by atoms with van der Waals surface area (Å²) in [5.41, 5.74) is 1.42. The molecule has 27 heavy (non-hydrogen) atoms. The van der Waals surface area contributed by atoms with Crippen LogP contribution in [0.5, 0.6) is 0 Å². The monoisotopic (exact) mass is 384 g/mol. The summed E-state index contributed by atoms with van der Waals surface area (Å²) < 4.78 is 0. The highest BCUT2D eigenvalue weighted by atomic mass is 32.1. The van der Waals surface area contributed by atoms with Gasteiger partial charge in [0.1, 0.15) is 16.7 Å². The molecule has 140 valence electrons. The van der Waals surface area contributed by atoms with Crippen molar-refractivity contribution in [2.75, 3.05) is 33.0 Å². The molecule has 0 spiro atoms. The summed E-state index contributed by atoms with van der Waals surface area (Å²) >= 11 is 1.21. The van der Waals surface area contributed by atoms with Crippen LogP contribution in [0.1, 0.15) is 16.2 Å². The fraction of sp³-hybridized carbons (Fsp3) is 0.278. The summed E-state index contributed by atoms with van der Waals surface area (Å²) in [6.45, 7) is 0.326. The highest BCUT2D eigenvalue weighted by Crippen LogP contribution is 2.27. The molecule has 0 aliphatic carbocycles. The SMILES string of the molecule is CN(C)C(=O)CCN(C)C(=O)c1nc2c(Nc3ccccc3)ncnc2s1. The van der Waals surface area contributed by atoms with Crippen molar-refractivity contribution in [3.8, 4) is 0 Å². The Morgan fingerprint density at radius 3 is 2.56 bits per heavy atom. The lowest BCUT2D eigenvalue weighted by atomic mass is 10.3. The van der Waals surface area contributed by atoms with E-state index in [2.05, 4.69) is 20.3 Å². The second kappa shape index (κ2) is 8.09. The second-order valence-electron chi connectivity index (χ2n) is 6.15. The maximum absolute atomic E-state index is 12.6. The minimum Gasteiger partial charge on any atom is -0.349 e. The van der Waals surface area contributed by atoms with Crippen LogP contribution in [0.4, 0.5) is 11.5 Å². The van der Waals surface area contributed by atoms with E-state index in [0.717, 1.165) is 5.69 Å². The molecule has 0 saturated carbocycles. The third-order valence-electron chi connectivity index (χ3n) is 3.92. The molecule has 8 nitrogen and oxygen atoms in total. The molecule has 2 aromatic heterocycles. The van der Waals surface area contributed by atoms with Crippen molar-refractivity contribution in [2.24, 2.45) is 0 Å². The molecule has 0 radical (unpaired) electrons. The third-order valence-corrected chi connectivity index (χ3v) is 4.87. The Morgan fingerprint density at radius 2 is 1.85 bits per heavy atom. The highest BCUT2D eigenvalue weighted by Gasteiger charge is 2.20. The fourth-order valence-corrected chi connectivity index (χ4v) is 3.25. The molecule has 1 N–H and O–H groups in total. The summed E-state index contributed by atoms with van der Waals surface area (Å²) in [5.74, 6) is 0.279. The minimum absolute atomic E-state index is 0.0286. The van der Waals surface area contributed by atoms with Gasteiger partial charge in [-0.1, -0.05) is 29.5 Å². The van der Waals surface area contributed by atoms with Gasteiger partial charge < -0.3 is 15.1 Å². The number of aromatic nitrogens is 3. The number of thiazole rings is 1. The molecule has 1 aromatic carbocycles. The number of benzene rings is 1. The number of hydrogen-bond acceptors (Lipinski definition) is 7. The van der Waals surface area contributed by atoms with Gasteiger partial charge in [0.05, 0.1) is 0 Å². The van der Waals surface area contributed by atoms with Crippen molar-refractivity contribution in [3.05, 3.63) is 41.7 Å². The molecule has 2 heterocycles. The zero-order valence-corrected chi connectivity index (χ0v) is 16.2. The van der Waals surface area contributed by atoms with Gasteiger partial charge in [-0.05, 0) is 12.1 Å². The predicted molar refractivity (Wildman–Crippen MR) is 105 cm³/mol. The predicted octanol–water partition coefficient (Wildman–Crippen LogP) is 2.38. The van der Waals surface area contributed by atoms with Gasteiger partial charge in [-0.2, -0.15) is 0 Å². The number of nitrogens with one attached hydrogen (secondary N) is 1. The van der Waals surface area contributed by atoms with E-state index < -0.39 is 0 Å². The van der Waals surface area contributed by atoms with Gasteiger partial charge in [-0.15, -0.1) is 0 Å². The number of rotatable bonds is 6. The first-order chi connectivity index (χ1) is 13.0. The van der Waals surface area contributed by atoms with Gasteiger partial charge in [0.25, 0.3) is 5.91 Å². The quantitative estimate of drug-likeness (QED) is 0.702. The zero-order valence-electron chi connectivity index (χ0n) is 15.3. The standard InChI is InChI=1S/C18H20N6O2S/c1-23(2)13(25)9-10-24(3)18(26)17-22-14-15(19-11-20-16(14)27-17)21-12-7-5-4-6-8-12/h4-8,11H,9-10H2,1-3H3,(H,19,20,21). The topological polar surface area (TPSA) is 91.3 Å². The maximum Gasteiger partial charge on any atom is 0.282 e. The molecule has 0 atom stereocenters. The van der Waals surface area contributed by atoms with Crippen LogP contribution in [0.2, 0.25) is 0 Å². The van der Waals surface area contributed by atoms with E-state index in [4.69, 9.17) is 0 Å². The Labute approximate surface area is 160 Å². The van der Waals surface area contributed by atoms with Crippen molar-refractivity contribution in [2.45, 2.75) is 6.42 Å². The van der Waals surface area contributed by atoms with Crippen LogP contribution in [0, 0.1) is 0 Å². The molecule has 0 aliphatic rings. The molecular weight excluding hydrogens is 364 g/mol. The zero-order chi connectivity index (χ0) is 19.4. The van der Waals surface area contributed by atoms with Crippen molar-refractivity contribution in [1.29, 1.82) is 0 Å². The molecule has 0 bridgehead atoms. The van der Waals surface area contributed by atoms with E-state index in [1.807, 2.05) is 30.3 Å². The molecular formula is C18H20N6O2S. The van der Waals surface area contributed by atoms with Gasteiger partial charge in [-0.25, -0.2) is 15.0 Å². The van der Waals surface area contributed by atoms with E-state index in [-0.39, 0.29) is 18.2 Å². The van der Waals surface area contributed by atoms with Gasteiger partial charge in [0.2, 0.25) is 5.91 Å². The first kappa shape index (κ1) is 18.7. The normalized spacial score (nSPS) is 10.6. The number of amides is 2. The van der Waals surface area contributed by atoms with Gasteiger partial charge in [-0.3, -0.25) is 9.59 Å². The Balaban J connectivity index is 1.79. The summed E-state index contributed by atoms with van der Waals surface area (Å²) in [5, 5.41) is 3.52. The Hall–Kier alpha value is -3.07. The average molecular weight is 384 g/mol. The Morgan fingerprint density at radius 1 is 1.11 bits per heavy atom. The number of carbonyl (C=O) groups excluding carboxylic acids is 2. The van der Waals surface area contributed by atoms with Crippen LogP contribution in [0.25, 0.3) is 10.3 Å². The third kappa shape index (κ3) is 4.37. The number of fused-ring (bicyclic) bond motifs is 1. The smallest absolute Gasteiger partial charge is 0.282 e. The van der Waals surface area contributed by atoms with E-state index in [1.54, 1.807) is 21.1 Å². The van der Waals surface area contributed by atoms with E-state index in [1.165, 1.54) is 27.5 Å². The summed E-state index contributed by atoms with van der Waals surface area (Å²) in [4.78, 5) is 40.9. The number of hydrogen-bond donors (Lipinski definition) is 1. The van der Waals surface area contributed by atoms with E-state index >= 15 is 0 Å². The molecule has 0 fully saturated rings. The number of anilines is 2. The van der Waals surface area contributed by atoms with Crippen LogP contribution >= 0.6 is 11.3 Å². The summed E-state index contributed by atoms with van der Waals surface area (Å²) in [6, 6.07) is 9.60. The van der Waals surface area contributed by atoms with Crippen LogP contribution in [0.3, 0.4) is 0 Å². The lowest BCUT2D eigenvalue weighted by Crippen LogP contribution is -2.32. The minimum atomic E-state index is -0.241. The molecule has 0 unspecified atom stereocenters. The van der Waals surface area contributed by atoms with Crippen molar-refractivity contribution >= 4 is 45.0 Å². The molecule has 3 rings (SSSR count). The van der Waals surface area contributed by atoms with Crippen LogP contribution < -0.4 is 5.32 Å². The molecule has 0 saturated heterocycles. The Bertz CT molecular complexity index is 957. The van der Waals surface area contributed by atoms with Gasteiger partial charge in [0, 0.05) is 39.8 Å². The largest absolute Gasteiger partial charge is 0.349 e. The molecule has 0 aliphatic heterocycles. The first-order valence-corrected chi connectivity index (χ1v) is 9.16. The highest BCUT2D eigenvalue weighted by molar-refractivity contribution is 7.19. The van der Waals surface area contributed by atoms with Crippen molar-refractivity contribution in [3.63, 3.8) is 0 Å². The second-order valence-corrected chi connectivity index (χ2v) is 7.13. The van der Waals surface area contributed by atoms with Crippen molar-refractivity contribution in [1.82, 2.24) is 24.8 Å².